The lowest BCUT2D eigenvalue weighted by Crippen LogP contribution is -1.91. The molecule has 1 atom stereocenters. The van der Waals surface area contributed by atoms with E-state index in [1.807, 2.05) is 17.8 Å². The molecule has 10 heavy (non-hydrogen) atoms. The van der Waals surface area contributed by atoms with Gasteiger partial charge in [0.05, 0.1) is 0 Å². The van der Waals surface area contributed by atoms with Crippen LogP contribution in [0.1, 0.15) is 26.7 Å². The molecule has 0 amide bonds. The first kappa shape index (κ1) is 10.1. The SMILES string of the molecule is C=CC(C)CCSCCC. The van der Waals surface area contributed by atoms with Gasteiger partial charge in [0.2, 0.25) is 0 Å². The van der Waals surface area contributed by atoms with Crippen LogP contribution >= 0.6 is 11.8 Å². The molecule has 0 aliphatic heterocycles. The highest BCUT2D eigenvalue weighted by molar-refractivity contribution is 7.99. The summed E-state index contributed by atoms with van der Waals surface area (Å²) in [7, 11) is 0. The summed E-state index contributed by atoms with van der Waals surface area (Å²) < 4.78 is 0. The van der Waals surface area contributed by atoms with Gasteiger partial charge in [0.1, 0.15) is 0 Å². The topological polar surface area (TPSA) is 0 Å². The van der Waals surface area contributed by atoms with Crippen molar-refractivity contribution in [1.29, 1.82) is 0 Å². The van der Waals surface area contributed by atoms with Crippen LogP contribution in [0, 0.1) is 5.92 Å². The summed E-state index contributed by atoms with van der Waals surface area (Å²) in [6, 6.07) is 0. The van der Waals surface area contributed by atoms with Crippen molar-refractivity contribution in [3.05, 3.63) is 12.7 Å². The van der Waals surface area contributed by atoms with E-state index in [2.05, 4.69) is 20.4 Å². The molecule has 0 N–H and O–H groups in total. The number of rotatable bonds is 6. The molecule has 0 aliphatic rings. The quantitative estimate of drug-likeness (QED) is 0.422. The molecule has 0 nitrogen and oxygen atoms in total. The summed E-state index contributed by atoms with van der Waals surface area (Å²) in [5, 5.41) is 0. The Morgan fingerprint density at radius 2 is 2.20 bits per heavy atom. The molecular formula is C9H18S. The summed E-state index contributed by atoms with van der Waals surface area (Å²) in [4.78, 5) is 0. The van der Waals surface area contributed by atoms with Crippen LogP contribution in [-0.2, 0) is 0 Å². The summed E-state index contributed by atoms with van der Waals surface area (Å²) in [6.45, 7) is 8.20. The van der Waals surface area contributed by atoms with Gasteiger partial charge in [0.15, 0.2) is 0 Å². The molecular weight excluding hydrogens is 140 g/mol. The van der Waals surface area contributed by atoms with Gasteiger partial charge in [-0.3, -0.25) is 0 Å². The number of thioether (sulfide) groups is 1. The van der Waals surface area contributed by atoms with Crippen molar-refractivity contribution in [1.82, 2.24) is 0 Å². The monoisotopic (exact) mass is 158 g/mol. The second-order valence-corrected chi connectivity index (χ2v) is 3.84. The Morgan fingerprint density at radius 1 is 1.50 bits per heavy atom. The van der Waals surface area contributed by atoms with E-state index in [0.29, 0.717) is 5.92 Å². The van der Waals surface area contributed by atoms with Crippen molar-refractivity contribution in [2.45, 2.75) is 26.7 Å². The second kappa shape index (κ2) is 7.20. The lowest BCUT2D eigenvalue weighted by Gasteiger charge is -2.03. The molecule has 0 saturated carbocycles. The fourth-order valence-electron chi connectivity index (χ4n) is 0.633. The number of hydrogen-bond donors (Lipinski definition) is 0. The third-order valence-electron chi connectivity index (χ3n) is 1.47. The van der Waals surface area contributed by atoms with Gasteiger partial charge in [-0.25, -0.2) is 0 Å². The standard InChI is InChI=1S/C9H18S/c1-4-7-10-8-6-9(3)5-2/h5,9H,2,4,6-8H2,1,3H3. The van der Waals surface area contributed by atoms with Gasteiger partial charge in [0, 0.05) is 0 Å². The van der Waals surface area contributed by atoms with Crippen LogP contribution in [0.5, 0.6) is 0 Å². The molecule has 0 aromatic carbocycles. The van der Waals surface area contributed by atoms with Crippen LogP contribution in [0.2, 0.25) is 0 Å². The molecule has 0 fully saturated rings. The van der Waals surface area contributed by atoms with Crippen molar-refractivity contribution in [3.63, 3.8) is 0 Å². The third kappa shape index (κ3) is 6.21. The zero-order valence-corrected chi connectivity index (χ0v) is 7.91. The molecule has 0 bridgehead atoms. The van der Waals surface area contributed by atoms with Crippen LogP contribution in [0.3, 0.4) is 0 Å². The van der Waals surface area contributed by atoms with E-state index in [4.69, 9.17) is 0 Å². The van der Waals surface area contributed by atoms with Gasteiger partial charge in [-0.15, -0.1) is 6.58 Å². The fraction of sp³-hybridized carbons (Fsp3) is 0.778. The highest BCUT2D eigenvalue weighted by Crippen LogP contribution is 2.10. The molecule has 0 rings (SSSR count). The minimum absolute atomic E-state index is 0.698. The molecule has 1 heteroatoms. The van der Waals surface area contributed by atoms with Gasteiger partial charge in [0.25, 0.3) is 0 Å². The van der Waals surface area contributed by atoms with Crippen LogP contribution in [-0.4, -0.2) is 11.5 Å². The van der Waals surface area contributed by atoms with E-state index < -0.39 is 0 Å². The largest absolute Gasteiger partial charge is 0.162 e. The fourth-order valence-corrected chi connectivity index (χ4v) is 1.66. The predicted octanol–water partition coefficient (Wildman–Crippen LogP) is 3.34. The van der Waals surface area contributed by atoms with Crippen molar-refractivity contribution >= 4 is 11.8 Å². The lowest BCUT2D eigenvalue weighted by atomic mass is 10.1. The Balaban J connectivity index is 2.95. The third-order valence-corrected chi connectivity index (χ3v) is 2.69. The van der Waals surface area contributed by atoms with Crippen molar-refractivity contribution < 1.29 is 0 Å². The molecule has 0 spiro atoms. The summed E-state index contributed by atoms with van der Waals surface area (Å²) >= 11 is 2.05. The normalized spacial score (nSPS) is 13.0. The average Bonchev–Trinajstić information content (AvgIpc) is 1.98. The van der Waals surface area contributed by atoms with Crippen LogP contribution in [0.15, 0.2) is 12.7 Å². The highest BCUT2D eigenvalue weighted by atomic mass is 32.2. The van der Waals surface area contributed by atoms with Gasteiger partial charge in [-0.2, -0.15) is 11.8 Å². The zero-order chi connectivity index (χ0) is 7.82. The van der Waals surface area contributed by atoms with E-state index in [0.717, 1.165) is 0 Å². The Labute approximate surface area is 69.1 Å². The highest BCUT2D eigenvalue weighted by Gasteiger charge is 1.94. The second-order valence-electron chi connectivity index (χ2n) is 2.61. The first-order valence-corrected chi connectivity index (χ1v) is 5.17. The lowest BCUT2D eigenvalue weighted by molar-refractivity contribution is 0.707. The number of allylic oxidation sites excluding steroid dienone is 1. The molecule has 0 aromatic heterocycles. The zero-order valence-electron chi connectivity index (χ0n) is 7.10. The van der Waals surface area contributed by atoms with E-state index >= 15 is 0 Å². The maximum absolute atomic E-state index is 3.75. The van der Waals surface area contributed by atoms with Crippen molar-refractivity contribution in [2.24, 2.45) is 5.92 Å². The Hall–Kier alpha value is 0.0900. The Bertz CT molecular complexity index is 78.8. The molecule has 1 unspecified atom stereocenters. The molecule has 0 heterocycles. The molecule has 0 saturated heterocycles. The summed E-state index contributed by atoms with van der Waals surface area (Å²) in [6.07, 6.45) is 4.62. The van der Waals surface area contributed by atoms with Crippen LogP contribution in [0.25, 0.3) is 0 Å². The number of hydrogen-bond acceptors (Lipinski definition) is 1. The van der Waals surface area contributed by atoms with Crippen molar-refractivity contribution in [3.8, 4) is 0 Å². The van der Waals surface area contributed by atoms with Crippen LogP contribution < -0.4 is 0 Å². The summed E-state index contributed by atoms with van der Waals surface area (Å²) in [5.41, 5.74) is 0. The predicted molar refractivity (Wildman–Crippen MR) is 51.6 cm³/mol. The van der Waals surface area contributed by atoms with Gasteiger partial charge >= 0.3 is 0 Å². The maximum Gasteiger partial charge on any atom is -0.00620 e. The minimum atomic E-state index is 0.698. The van der Waals surface area contributed by atoms with Crippen LogP contribution in [0.4, 0.5) is 0 Å². The smallest absolute Gasteiger partial charge is 0.00620 e. The maximum atomic E-state index is 3.75. The summed E-state index contributed by atoms with van der Waals surface area (Å²) in [5.74, 6) is 3.30. The van der Waals surface area contributed by atoms with E-state index in [1.165, 1.54) is 24.3 Å². The molecule has 0 aromatic rings. The first-order valence-electron chi connectivity index (χ1n) is 4.01. The Morgan fingerprint density at radius 3 is 2.70 bits per heavy atom. The van der Waals surface area contributed by atoms with Gasteiger partial charge in [-0.05, 0) is 30.3 Å². The first-order chi connectivity index (χ1) is 4.81. The Kier molecular flexibility index (Phi) is 7.26. The van der Waals surface area contributed by atoms with E-state index in [9.17, 15) is 0 Å². The average molecular weight is 158 g/mol. The minimum Gasteiger partial charge on any atom is -0.162 e. The molecule has 60 valence electrons. The molecule has 0 aliphatic carbocycles. The van der Waals surface area contributed by atoms with E-state index in [1.54, 1.807) is 0 Å². The van der Waals surface area contributed by atoms with Gasteiger partial charge in [-0.1, -0.05) is 19.9 Å². The van der Waals surface area contributed by atoms with Crippen molar-refractivity contribution in [2.75, 3.05) is 11.5 Å². The molecule has 0 radical (unpaired) electrons. The van der Waals surface area contributed by atoms with E-state index in [-0.39, 0.29) is 0 Å². The van der Waals surface area contributed by atoms with Gasteiger partial charge < -0.3 is 0 Å².